The van der Waals surface area contributed by atoms with Crippen LogP contribution in [0, 0.1) is 0 Å². The van der Waals surface area contributed by atoms with E-state index < -0.39 is 0 Å². The van der Waals surface area contributed by atoms with Gasteiger partial charge in [0.15, 0.2) is 11.5 Å². The standard InChI is InChI=1S/C19H20N2O4/c1-22-17-5-4-15(16-10-19(25-21-16)6-8-23-13-19)9-18(17)24-12-14-3-2-7-20-11-14/h2-5,7,9-11,21H,6,8,12-13H2,1H3. The van der Waals surface area contributed by atoms with Crippen molar-refractivity contribution < 1.29 is 19.0 Å². The Morgan fingerprint density at radius 1 is 1.28 bits per heavy atom. The van der Waals surface area contributed by atoms with Gasteiger partial charge in [-0.05, 0) is 30.3 Å². The predicted molar refractivity (Wildman–Crippen MR) is 91.9 cm³/mol. The number of aromatic nitrogens is 1. The average molecular weight is 340 g/mol. The molecule has 1 N–H and O–H groups in total. The summed E-state index contributed by atoms with van der Waals surface area (Å²) in [7, 11) is 1.63. The third-order valence-corrected chi connectivity index (χ3v) is 4.38. The highest BCUT2D eigenvalue weighted by atomic mass is 16.7. The molecule has 2 aliphatic rings. The summed E-state index contributed by atoms with van der Waals surface area (Å²) < 4.78 is 16.8. The monoisotopic (exact) mass is 340 g/mol. The summed E-state index contributed by atoms with van der Waals surface area (Å²) in [4.78, 5) is 9.85. The van der Waals surface area contributed by atoms with E-state index in [0.29, 0.717) is 31.3 Å². The van der Waals surface area contributed by atoms with Crippen LogP contribution in [0.2, 0.25) is 0 Å². The van der Waals surface area contributed by atoms with Crippen LogP contribution in [0.25, 0.3) is 5.70 Å². The van der Waals surface area contributed by atoms with Crippen LogP contribution in [-0.2, 0) is 16.2 Å². The van der Waals surface area contributed by atoms with Crippen molar-refractivity contribution in [2.24, 2.45) is 0 Å². The summed E-state index contributed by atoms with van der Waals surface area (Å²) in [5.74, 6) is 1.36. The first kappa shape index (κ1) is 15.9. The Morgan fingerprint density at radius 2 is 2.24 bits per heavy atom. The number of hydrogen-bond acceptors (Lipinski definition) is 6. The summed E-state index contributed by atoms with van der Waals surface area (Å²) in [5, 5.41) is 0. The molecule has 2 aromatic rings. The zero-order chi connectivity index (χ0) is 17.1. The molecule has 0 amide bonds. The minimum absolute atomic E-state index is 0.355. The molecule has 130 valence electrons. The molecule has 1 saturated heterocycles. The zero-order valence-electron chi connectivity index (χ0n) is 14.0. The van der Waals surface area contributed by atoms with Crippen molar-refractivity contribution >= 4 is 5.70 Å². The molecule has 3 heterocycles. The van der Waals surface area contributed by atoms with Crippen LogP contribution in [0.1, 0.15) is 17.5 Å². The van der Waals surface area contributed by atoms with Crippen LogP contribution in [0.4, 0.5) is 0 Å². The van der Waals surface area contributed by atoms with E-state index in [4.69, 9.17) is 19.0 Å². The van der Waals surface area contributed by atoms with Gasteiger partial charge in [-0.2, -0.15) is 0 Å². The Balaban J connectivity index is 1.56. The molecule has 1 atom stereocenters. The Bertz CT molecular complexity index is 770. The molecule has 1 spiro atoms. The van der Waals surface area contributed by atoms with Gasteiger partial charge in [-0.15, -0.1) is 0 Å². The third kappa shape index (κ3) is 3.31. The van der Waals surface area contributed by atoms with Crippen LogP contribution in [-0.4, -0.2) is 30.9 Å². The lowest BCUT2D eigenvalue weighted by atomic mass is 10.0. The van der Waals surface area contributed by atoms with Crippen LogP contribution in [0.5, 0.6) is 11.5 Å². The van der Waals surface area contributed by atoms with Crippen LogP contribution < -0.4 is 15.0 Å². The van der Waals surface area contributed by atoms with E-state index in [1.165, 1.54) is 0 Å². The van der Waals surface area contributed by atoms with Gasteiger partial charge in [-0.1, -0.05) is 6.07 Å². The van der Waals surface area contributed by atoms with E-state index in [1.54, 1.807) is 19.5 Å². The van der Waals surface area contributed by atoms with Crippen molar-refractivity contribution in [2.45, 2.75) is 18.6 Å². The average Bonchev–Trinajstić information content (AvgIpc) is 3.31. The van der Waals surface area contributed by atoms with Crippen molar-refractivity contribution in [3.63, 3.8) is 0 Å². The minimum atomic E-state index is -0.355. The number of pyridine rings is 1. The number of ether oxygens (including phenoxy) is 3. The molecular weight excluding hydrogens is 320 g/mol. The second-order valence-corrected chi connectivity index (χ2v) is 6.15. The number of nitrogens with one attached hydrogen (secondary N) is 1. The maximum absolute atomic E-state index is 5.95. The molecule has 0 saturated carbocycles. The second-order valence-electron chi connectivity index (χ2n) is 6.15. The zero-order valence-corrected chi connectivity index (χ0v) is 14.0. The van der Waals surface area contributed by atoms with E-state index in [9.17, 15) is 0 Å². The summed E-state index contributed by atoms with van der Waals surface area (Å²) in [6.07, 6.45) is 6.47. The number of benzene rings is 1. The Labute approximate surface area is 146 Å². The number of hydrogen-bond donors (Lipinski definition) is 1. The fourth-order valence-corrected chi connectivity index (χ4v) is 2.98. The first-order valence-electron chi connectivity index (χ1n) is 8.23. The van der Waals surface area contributed by atoms with E-state index in [1.807, 2.05) is 30.3 Å². The van der Waals surface area contributed by atoms with E-state index in [0.717, 1.165) is 23.2 Å². The highest BCUT2D eigenvalue weighted by Crippen LogP contribution is 2.36. The van der Waals surface area contributed by atoms with Crippen molar-refractivity contribution in [1.29, 1.82) is 0 Å². The lowest BCUT2D eigenvalue weighted by Gasteiger charge is -2.15. The van der Waals surface area contributed by atoms with E-state index in [2.05, 4.69) is 16.5 Å². The Hall–Kier alpha value is -2.57. The van der Waals surface area contributed by atoms with Gasteiger partial charge in [0.2, 0.25) is 0 Å². The smallest absolute Gasteiger partial charge is 0.162 e. The number of nitrogens with zero attached hydrogens (tertiary/aromatic N) is 1. The Kier molecular flexibility index (Phi) is 4.29. The molecule has 0 radical (unpaired) electrons. The van der Waals surface area contributed by atoms with Gasteiger partial charge in [-0.25, -0.2) is 0 Å². The van der Waals surface area contributed by atoms with Crippen molar-refractivity contribution in [3.8, 4) is 11.5 Å². The normalized spacial score (nSPS) is 21.9. The highest BCUT2D eigenvalue weighted by molar-refractivity contribution is 5.68. The van der Waals surface area contributed by atoms with Crippen LogP contribution >= 0.6 is 0 Å². The lowest BCUT2D eigenvalue weighted by molar-refractivity contribution is -0.0373. The molecule has 1 aromatic carbocycles. The first-order chi connectivity index (χ1) is 12.3. The molecule has 2 aliphatic heterocycles. The Morgan fingerprint density at radius 3 is 3.00 bits per heavy atom. The number of hydroxylamine groups is 1. The maximum atomic E-state index is 5.95. The van der Waals surface area contributed by atoms with Gasteiger partial charge < -0.3 is 14.2 Å². The van der Waals surface area contributed by atoms with Crippen LogP contribution in [0.3, 0.4) is 0 Å². The fourth-order valence-electron chi connectivity index (χ4n) is 2.98. The van der Waals surface area contributed by atoms with Gasteiger partial charge in [0, 0.05) is 36.5 Å². The molecule has 1 aromatic heterocycles. The third-order valence-electron chi connectivity index (χ3n) is 4.38. The molecule has 1 unspecified atom stereocenters. The maximum Gasteiger partial charge on any atom is 0.162 e. The summed E-state index contributed by atoms with van der Waals surface area (Å²) in [5.41, 5.74) is 5.56. The van der Waals surface area contributed by atoms with Crippen LogP contribution in [0.15, 0.2) is 48.8 Å². The molecule has 0 aliphatic carbocycles. The van der Waals surface area contributed by atoms with Gasteiger partial charge in [0.05, 0.1) is 19.4 Å². The van der Waals surface area contributed by atoms with Gasteiger partial charge in [-0.3, -0.25) is 15.3 Å². The highest BCUT2D eigenvalue weighted by Gasteiger charge is 2.39. The largest absolute Gasteiger partial charge is 0.493 e. The topological polar surface area (TPSA) is 61.8 Å². The second kappa shape index (κ2) is 6.74. The molecule has 1 fully saturated rings. The van der Waals surface area contributed by atoms with Crippen molar-refractivity contribution in [1.82, 2.24) is 10.5 Å². The molecule has 0 bridgehead atoms. The molecule has 4 rings (SSSR count). The van der Waals surface area contributed by atoms with Crippen molar-refractivity contribution in [2.75, 3.05) is 20.3 Å². The van der Waals surface area contributed by atoms with Gasteiger partial charge in [0.25, 0.3) is 0 Å². The van der Waals surface area contributed by atoms with Gasteiger partial charge in [0.1, 0.15) is 12.2 Å². The minimum Gasteiger partial charge on any atom is -0.493 e. The van der Waals surface area contributed by atoms with E-state index >= 15 is 0 Å². The fraction of sp³-hybridized carbons (Fsp3) is 0.316. The predicted octanol–water partition coefficient (Wildman–Crippen LogP) is 2.70. The summed E-state index contributed by atoms with van der Waals surface area (Å²) >= 11 is 0. The molecule has 6 nitrogen and oxygen atoms in total. The van der Waals surface area contributed by atoms with Crippen molar-refractivity contribution in [3.05, 3.63) is 59.9 Å². The molecular formula is C19H20N2O4. The number of methoxy groups -OCH3 is 1. The lowest BCUT2D eigenvalue weighted by Crippen LogP contribution is -2.29. The summed E-state index contributed by atoms with van der Waals surface area (Å²) in [6.45, 7) is 1.71. The first-order valence-corrected chi connectivity index (χ1v) is 8.23. The number of rotatable bonds is 5. The van der Waals surface area contributed by atoms with Gasteiger partial charge >= 0.3 is 0 Å². The molecule has 6 heteroatoms. The SMILES string of the molecule is COc1ccc(C2=CC3(CCOC3)ON2)cc1OCc1cccnc1. The quantitative estimate of drug-likeness (QED) is 0.903. The van der Waals surface area contributed by atoms with E-state index in [-0.39, 0.29) is 5.60 Å². The molecule has 25 heavy (non-hydrogen) atoms. The summed E-state index contributed by atoms with van der Waals surface area (Å²) in [6, 6.07) is 9.69.